The average molecular weight is 318 g/mol. The van der Waals surface area contributed by atoms with Gasteiger partial charge in [0.15, 0.2) is 0 Å². The predicted molar refractivity (Wildman–Crippen MR) is 74.6 cm³/mol. The molecule has 0 bridgehead atoms. The fourth-order valence-electron chi connectivity index (χ4n) is 1.36. The van der Waals surface area contributed by atoms with Gasteiger partial charge in [0.1, 0.15) is 5.75 Å². The van der Waals surface area contributed by atoms with Crippen LogP contribution in [0, 0.1) is 0 Å². The third-order valence-corrected chi connectivity index (χ3v) is 2.73. The molecule has 0 saturated heterocycles. The number of benzene rings is 1. The zero-order valence-electron chi connectivity index (χ0n) is 10.9. The standard InChI is InChI=1S/C13H20BrNO3/c1-3-6-17-13-5-4-12(14)9-11(13)10-15-18-8-7-16-2/h4-5,9,15H,3,6-8,10H2,1-2H3. The van der Waals surface area contributed by atoms with Crippen LogP contribution in [0.1, 0.15) is 18.9 Å². The first kappa shape index (κ1) is 15.4. The van der Waals surface area contributed by atoms with Crippen molar-refractivity contribution in [2.24, 2.45) is 0 Å². The molecule has 1 aromatic rings. The summed E-state index contributed by atoms with van der Waals surface area (Å²) in [5.41, 5.74) is 3.96. The lowest BCUT2D eigenvalue weighted by atomic mass is 10.2. The molecule has 0 atom stereocenters. The number of hydrogen-bond donors (Lipinski definition) is 1. The molecule has 0 radical (unpaired) electrons. The summed E-state index contributed by atoms with van der Waals surface area (Å²) in [6, 6.07) is 5.96. The Bertz CT molecular complexity index is 347. The summed E-state index contributed by atoms with van der Waals surface area (Å²) in [6.07, 6.45) is 0.993. The van der Waals surface area contributed by atoms with Gasteiger partial charge in [-0.1, -0.05) is 22.9 Å². The van der Waals surface area contributed by atoms with E-state index >= 15 is 0 Å². The Balaban J connectivity index is 2.47. The van der Waals surface area contributed by atoms with Crippen molar-refractivity contribution in [3.05, 3.63) is 28.2 Å². The number of ether oxygens (including phenoxy) is 2. The molecule has 0 heterocycles. The van der Waals surface area contributed by atoms with Gasteiger partial charge in [-0.2, -0.15) is 5.48 Å². The van der Waals surface area contributed by atoms with E-state index in [1.54, 1.807) is 7.11 Å². The fourth-order valence-corrected chi connectivity index (χ4v) is 1.77. The average Bonchev–Trinajstić information content (AvgIpc) is 2.37. The fraction of sp³-hybridized carbons (Fsp3) is 0.538. The third kappa shape index (κ3) is 5.82. The van der Waals surface area contributed by atoms with Gasteiger partial charge in [0.2, 0.25) is 0 Å². The van der Waals surface area contributed by atoms with E-state index < -0.39 is 0 Å². The van der Waals surface area contributed by atoms with E-state index in [0.717, 1.165) is 28.8 Å². The van der Waals surface area contributed by atoms with Crippen molar-refractivity contribution in [2.45, 2.75) is 19.9 Å². The monoisotopic (exact) mass is 317 g/mol. The van der Waals surface area contributed by atoms with E-state index in [9.17, 15) is 0 Å². The zero-order valence-corrected chi connectivity index (χ0v) is 12.5. The SMILES string of the molecule is CCCOc1ccc(Br)cc1CNOCCOC. The minimum atomic E-state index is 0.523. The quantitative estimate of drug-likeness (QED) is 0.561. The Morgan fingerprint density at radius 3 is 2.78 bits per heavy atom. The second-order valence-electron chi connectivity index (χ2n) is 3.76. The van der Waals surface area contributed by atoms with Crippen molar-refractivity contribution in [3.8, 4) is 5.75 Å². The highest BCUT2D eigenvalue weighted by Crippen LogP contribution is 2.23. The van der Waals surface area contributed by atoms with Crippen molar-refractivity contribution >= 4 is 15.9 Å². The van der Waals surface area contributed by atoms with Gasteiger partial charge in [-0.3, -0.25) is 4.84 Å². The van der Waals surface area contributed by atoms with Gasteiger partial charge in [-0.25, -0.2) is 0 Å². The summed E-state index contributed by atoms with van der Waals surface area (Å²) < 4.78 is 11.6. The maximum absolute atomic E-state index is 5.68. The molecular formula is C13H20BrNO3. The number of halogens is 1. The van der Waals surface area contributed by atoms with Crippen LogP contribution in [0.2, 0.25) is 0 Å². The molecule has 0 aliphatic rings. The summed E-state index contributed by atoms with van der Waals surface area (Å²) in [4.78, 5) is 5.23. The Labute approximate surface area is 117 Å². The van der Waals surface area contributed by atoms with Crippen LogP contribution in [0.4, 0.5) is 0 Å². The first-order valence-electron chi connectivity index (χ1n) is 6.02. The molecule has 0 amide bonds. The van der Waals surface area contributed by atoms with E-state index in [2.05, 4.69) is 28.3 Å². The molecule has 1 aromatic carbocycles. The second-order valence-corrected chi connectivity index (χ2v) is 4.68. The lowest BCUT2D eigenvalue weighted by Gasteiger charge is -2.12. The second kappa shape index (κ2) is 9.33. The molecule has 0 aliphatic heterocycles. The zero-order chi connectivity index (χ0) is 13.2. The van der Waals surface area contributed by atoms with Gasteiger partial charge in [-0.15, -0.1) is 0 Å². The summed E-state index contributed by atoms with van der Waals surface area (Å²) in [7, 11) is 1.65. The number of methoxy groups -OCH3 is 1. The lowest BCUT2D eigenvalue weighted by Crippen LogP contribution is -2.17. The van der Waals surface area contributed by atoms with Gasteiger partial charge in [0.25, 0.3) is 0 Å². The van der Waals surface area contributed by atoms with Crippen LogP contribution in [-0.4, -0.2) is 26.9 Å². The number of nitrogens with one attached hydrogen (secondary N) is 1. The molecule has 0 unspecified atom stereocenters. The van der Waals surface area contributed by atoms with E-state index in [1.165, 1.54) is 0 Å². The summed E-state index contributed by atoms with van der Waals surface area (Å²) in [6.45, 7) is 4.51. The Hall–Kier alpha value is -0.620. The van der Waals surface area contributed by atoms with E-state index in [-0.39, 0.29) is 0 Å². The van der Waals surface area contributed by atoms with Crippen molar-refractivity contribution in [1.29, 1.82) is 0 Å². The molecule has 0 fully saturated rings. The first-order valence-corrected chi connectivity index (χ1v) is 6.82. The predicted octanol–water partition coefficient (Wildman–Crippen LogP) is 2.91. The molecule has 5 heteroatoms. The van der Waals surface area contributed by atoms with Crippen LogP contribution in [0.15, 0.2) is 22.7 Å². The molecule has 0 spiro atoms. The molecule has 4 nitrogen and oxygen atoms in total. The molecule has 1 rings (SSSR count). The number of hydroxylamine groups is 1. The molecule has 18 heavy (non-hydrogen) atoms. The number of rotatable bonds is 9. The van der Waals surface area contributed by atoms with Crippen LogP contribution < -0.4 is 10.2 Å². The van der Waals surface area contributed by atoms with Gasteiger partial charge in [0.05, 0.1) is 19.8 Å². The minimum absolute atomic E-state index is 0.523. The van der Waals surface area contributed by atoms with Crippen LogP contribution >= 0.6 is 15.9 Å². The highest BCUT2D eigenvalue weighted by atomic mass is 79.9. The topological polar surface area (TPSA) is 39.7 Å². The normalized spacial score (nSPS) is 10.6. The van der Waals surface area contributed by atoms with Crippen molar-refractivity contribution in [1.82, 2.24) is 5.48 Å². The molecule has 0 aromatic heterocycles. The highest BCUT2D eigenvalue weighted by Gasteiger charge is 2.04. The molecule has 102 valence electrons. The molecule has 1 N–H and O–H groups in total. The Morgan fingerprint density at radius 1 is 1.22 bits per heavy atom. The van der Waals surface area contributed by atoms with Crippen molar-refractivity contribution < 1.29 is 14.3 Å². The van der Waals surface area contributed by atoms with E-state index in [1.807, 2.05) is 18.2 Å². The van der Waals surface area contributed by atoms with E-state index in [0.29, 0.717) is 19.8 Å². The van der Waals surface area contributed by atoms with Gasteiger partial charge < -0.3 is 9.47 Å². The Morgan fingerprint density at radius 2 is 2.06 bits per heavy atom. The summed E-state index contributed by atoms with van der Waals surface area (Å²) in [5, 5.41) is 0. The van der Waals surface area contributed by atoms with Crippen molar-refractivity contribution in [3.63, 3.8) is 0 Å². The van der Waals surface area contributed by atoms with Crippen LogP contribution in [-0.2, 0) is 16.1 Å². The van der Waals surface area contributed by atoms with Gasteiger partial charge in [-0.05, 0) is 24.6 Å². The van der Waals surface area contributed by atoms with Crippen LogP contribution in [0.5, 0.6) is 5.75 Å². The summed E-state index contributed by atoms with van der Waals surface area (Å²) >= 11 is 3.45. The lowest BCUT2D eigenvalue weighted by molar-refractivity contribution is 0.00315. The summed E-state index contributed by atoms with van der Waals surface area (Å²) in [5.74, 6) is 0.892. The maximum Gasteiger partial charge on any atom is 0.123 e. The smallest absolute Gasteiger partial charge is 0.123 e. The third-order valence-electron chi connectivity index (χ3n) is 2.24. The largest absolute Gasteiger partial charge is 0.493 e. The van der Waals surface area contributed by atoms with Gasteiger partial charge in [0, 0.05) is 23.7 Å². The van der Waals surface area contributed by atoms with Crippen LogP contribution in [0.3, 0.4) is 0 Å². The maximum atomic E-state index is 5.68. The molecule has 0 saturated carbocycles. The molecular weight excluding hydrogens is 298 g/mol. The van der Waals surface area contributed by atoms with Gasteiger partial charge >= 0.3 is 0 Å². The Kier molecular flexibility index (Phi) is 8.00. The molecule has 0 aliphatic carbocycles. The van der Waals surface area contributed by atoms with Crippen molar-refractivity contribution in [2.75, 3.05) is 26.9 Å². The first-order chi connectivity index (χ1) is 8.77. The van der Waals surface area contributed by atoms with Crippen LogP contribution in [0.25, 0.3) is 0 Å². The van der Waals surface area contributed by atoms with E-state index in [4.69, 9.17) is 14.3 Å². The minimum Gasteiger partial charge on any atom is -0.493 e. The number of hydrogen-bond acceptors (Lipinski definition) is 4. The highest BCUT2D eigenvalue weighted by molar-refractivity contribution is 9.10.